The molecule has 0 bridgehead atoms. The van der Waals surface area contributed by atoms with Crippen LogP contribution in [0.3, 0.4) is 0 Å². The summed E-state index contributed by atoms with van der Waals surface area (Å²) in [6.07, 6.45) is -0.306. The lowest BCUT2D eigenvalue weighted by molar-refractivity contribution is -0.136. The van der Waals surface area contributed by atoms with Gasteiger partial charge in [0.15, 0.2) is 5.06 Å². The molecule has 3 rings (SSSR count). The van der Waals surface area contributed by atoms with E-state index in [1.807, 2.05) is 0 Å². The number of hydrogen-bond acceptors (Lipinski definition) is 5. The van der Waals surface area contributed by atoms with Gasteiger partial charge in [-0.3, -0.25) is 14.2 Å². The average molecular weight is 380 g/mol. The number of hydrogen-bond donors (Lipinski definition) is 2. The molecule has 2 N–H and O–H groups in total. The number of rotatable bonds is 4. The van der Waals surface area contributed by atoms with Crippen LogP contribution in [0, 0.1) is 6.92 Å². The standard InChI is InChI=1S/C17H14ClNO5S/c1-8-9(7-13(21)22)15-10(3-4-11(20)16(15)18)19(8)17(23)12-5-6-14(24-2)25-12/h3-6,20H,7H2,1-2H3,(H,21,22). The minimum atomic E-state index is -1.05. The van der Waals surface area contributed by atoms with E-state index in [0.717, 1.165) is 0 Å². The van der Waals surface area contributed by atoms with Crippen molar-refractivity contribution in [3.8, 4) is 10.8 Å². The van der Waals surface area contributed by atoms with Crippen LogP contribution in [0.25, 0.3) is 10.9 Å². The summed E-state index contributed by atoms with van der Waals surface area (Å²) in [6.45, 7) is 1.66. The smallest absolute Gasteiger partial charge is 0.307 e. The molecular formula is C17H14ClNO5S. The summed E-state index contributed by atoms with van der Waals surface area (Å²) in [7, 11) is 1.52. The molecule has 0 aliphatic heterocycles. The molecule has 0 fully saturated rings. The summed E-state index contributed by atoms with van der Waals surface area (Å²) in [5, 5.41) is 20.1. The minimum Gasteiger partial charge on any atom is -0.506 e. The van der Waals surface area contributed by atoms with Crippen LogP contribution < -0.4 is 4.74 Å². The molecule has 0 atom stereocenters. The SMILES string of the molecule is COc1ccc(C(=O)n2c(C)c(CC(=O)O)c3c(Cl)c(O)ccc32)s1. The zero-order valence-electron chi connectivity index (χ0n) is 13.4. The maximum atomic E-state index is 13.0. The van der Waals surface area contributed by atoms with Gasteiger partial charge in [0.05, 0.1) is 28.9 Å². The number of halogens is 1. The Labute approximate surface area is 151 Å². The molecule has 2 heterocycles. The van der Waals surface area contributed by atoms with Crippen molar-refractivity contribution in [2.75, 3.05) is 7.11 Å². The van der Waals surface area contributed by atoms with Gasteiger partial charge < -0.3 is 14.9 Å². The second-order valence-corrected chi connectivity index (χ2v) is 6.81. The van der Waals surface area contributed by atoms with E-state index in [1.54, 1.807) is 25.1 Å². The van der Waals surface area contributed by atoms with Gasteiger partial charge >= 0.3 is 5.97 Å². The van der Waals surface area contributed by atoms with Gasteiger partial charge in [0, 0.05) is 11.1 Å². The van der Waals surface area contributed by atoms with Gasteiger partial charge in [-0.15, -0.1) is 0 Å². The first-order valence-corrected chi connectivity index (χ1v) is 8.46. The Morgan fingerprint density at radius 3 is 2.60 bits per heavy atom. The first-order chi connectivity index (χ1) is 11.8. The van der Waals surface area contributed by atoms with E-state index in [2.05, 4.69) is 0 Å². The Kier molecular flexibility index (Phi) is 4.45. The van der Waals surface area contributed by atoms with Crippen LogP contribution in [0.15, 0.2) is 24.3 Å². The molecule has 0 aliphatic rings. The third-order valence-corrected chi connectivity index (χ3v) is 5.36. The van der Waals surface area contributed by atoms with E-state index in [0.29, 0.717) is 32.1 Å². The molecule has 0 spiro atoms. The highest BCUT2D eigenvalue weighted by atomic mass is 35.5. The van der Waals surface area contributed by atoms with Crippen LogP contribution in [0.1, 0.15) is 20.9 Å². The quantitative estimate of drug-likeness (QED) is 0.721. The zero-order chi connectivity index (χ0) is 18.3. The number of ether oxygens (including phenoxy) is 1. The number of nitrogens with zero attached hydrogens (tertiary/aromatic N) is 1. The molecule has 25 heavy (non-hydrogen) atoms. The van der Waals surface area contributed by atoms with Gasteiger partial charge in [-0.2, -0.15) is 0 Å². The fourth-order valence-corrected chi connectivity index (χ4v) is 3.83. The Bertz CT molecular complexity index is 1000. The molecule has 6 nitrogen and oxygen atoms in total. The number of carbonyl (C=O) groups is 2. The van der Waals surface area contributed by atoms with Crippen molar-refractivity contribution in [3.05, 3.63) is 45.4 Å². The van der Waals surface area contributed by atoms with Crippen LogP contribution >= 0.6 is 22.9 Å². The number of carbonyl (C=O) groups excluding carboxylic acids is 1. The van der Waals surface area contributed by atoms with Gasteiger partial charge in [-0.1, -0.05) is 22.9 Å². The number of thiophene rings is 1. The molecule has 3 aromatic rings. The molecular weight excluding hydrogens is 366 g/mol. The van der Waals surface area contributed by atoms with Gasteiger partial charge in [0.25, 0.3) is 5.91 Å². The summed E-state index contributed by atoms with van der Waals surface area (Å²) < 4.78 is 6.54. The van der Waals surface area contributed by atoms with Crippen molar-refractivity contribution >= 4 is 45.7 Å². The number of phenolic OH excluding ortho intramolecular Hbond substituents is 1. The maximum Gasteiger partial charge on any atom is 0.307 e. The first kappa shape index (κ1) is 17.3. The van der Waals surface area contributed by atoms with E-state index in [4.69, 9.17) is 16.3 Å². The lowest BCUT2D eigenvalue weighted by Gasteiger charge is -2.06. The maximum absolute atomic E-state index is 13.0. The zero-order valence-corrected chi connectivity index (χ0v) is 14.9. The topological polar surface area (TPSA) is 88.8 Å². The molecule has 0 saturated heterocycles. The van der Waals surface area contributed by atoms with Crippen molar-refractivity contribution in [3.63, 3.8) is 0 Å². The number of methoxy groups -OCH3 is 1. The highest BCUT2D eigenvalue weighted by Gasteiger charge is 2.24. The molecule has 0 amide bonds. The molecule has 0 radical (unpaired) electrons. The average Bonchev–Trinajstić information content (AvgIpc) is 3.14. The van der Waals surface area contributed by atoms with Crippen LogP contribution in [0.2, 0.25) is 5.02 Å². The van der Waals surface area contributed by atoms with E-state index in [1.165, 1.54) is 29.1 Å². The Balaban J connectivity index is 2.28. The lowest BCUT2D eigenvalue weighted by atomic mass is 10.1. The van der Waals surface area contributed by atoms with Gasteiger partial charge in [0.2, 0.25) is 0 Å². The van der Waals surface area contributed by atoms with Crippen molar-refractivity contribution in [1.82, 2.24) is 4.57 Å². The second kappa shape index (κ2) is 6.42. The molecule has 1 aromatic carbocycles. The number of carboxylic acid groups (broad SMARTS) is 1. The molecule has 0 unspecified atom stereocenters. The van der Waals surface area contributed by atoms with Crippen LogP contribution in [0.4, 0.5) is 0 Å². The number of phenols is 1. The number of aromatic hydroxyl groups is 1. The summed E-state index contributed by atoms with van der Waals surface area (Å²) >= 11 is 7.38. The molecule has 130 valence electrons. The van der Waals surface area contributed by atoms with Crippen LogP contribution in [0.5, 0.6) is 10.8 Å². The summed E-state index contributed by atoms with van der Waals surface area (Å²) in [5.74, 6) is -1.52. The van der Waals surface area contributed by atoms with Crippen molar-refractivity contribution in [1.29, 1.82) is 0 Å². The van der Waals surface area contributed by atoms with E-state index in [-0.39, 0.29) is 23.1 Å². The number of benzene rings is 1. The molecule has 8 heteroatoms. The van der Waals surface area contributed by atoms with Gasteiger partial charge in [-0.25, -0.2) is 0 Å². The van der Waals surface area contributed by atoms with E-state index < -0.39 is 5.97 Å². The van der Waals surface area contributed by atoms with Crippen molar-refractivity contribution in [2.24, 2.45) is 0 Å². The highest BCUT2D eigenvalue weighted by Crippen LogP contribution is 2.38. The highest BCUT2D eigenvalue weighted by molar-refractivity contribution is 7.15. The Morgan fingerprint density at radius 1 is 1.28 bits per heavy atom. The number of aromatic nitrogens is 1. The lowest BCUT2D eigenvalue weighted by Crippen LogP contribution is -2.12. The third-order valence-electron chi connectivity index (χ3n) is 3.94. The molecule has 2 aromatic heterocycles. The largest absolute Gasteiger partial charge is 0.506 e. The van der Waals surface area contributed by atoms with E-state index in [9.17, 15) is 19.8 Å². The summed E-state index contributed by atoms with van der Waals surface area (Å²) in [6, 6.07) is 6.27. The normalized spacial score (nSPS) is 11.0. The third kappa shape index (κ3) is 2.85. The second-order valence-electron chi connectivity index (χ2n) is 5.39. The number of carboxylic acids is 1. The predicted molar refractivity (Wildman–Crippen MR) is 95.3 cm³/mol. The fraction of sp³-hybridized carbons (Fsp3) is 0.176. The van der Waals surface area contributed by atoms with Crippen LogP contribution in [-0.4, -0.2) is 33.8 Å². The minimum absolute atomic E-state index is 0.0344. The number of aliphatic carboxylic acids is 1. The van der Waals surface area contributed by atoms with Crippen molar-refractivity contribution in [2.45, 2.75) is 13.3 Å². The number of fused-ring (bicyclic) bond motifs is 1. The Hall–Kier alpha value is -2.51. The predicted octanol–water partition coefficient (Wildman–Crippen LogP) is 3.69. The van der Waals surface area contributed by atoms with Crippen molar-refractivity contribution < 1.29 is 24.5 Å². The summed E-state index contributed by atoms with van der Waals surface area (Å²) in [4.78, 5) is 24.7. The summed E-state index contributed by atoms with van der Waals surface area (Å²) in [5.41, 5.74) is 1.33. The Morgan fingerprint density at radius 2 is 2.00 bits per heavy atom. The first-order valence-electron chi connectivity index (χ1n) is 7.26. The van der Waals surface area contributed by atoms with Gasteiger partial charge in [0.1, 0.15) is 5.75 Å². The van der Waals surface area contributed by atoms with E-state index >= 15 is 0 Å². The fourth-order valence-electron chi connectivity index (χ4n) is 2.81. The molecule has 0 saturated carbocycles. The monoisotopic (exact) mass is 379 g/mol. The van der Waals surface area contributed by atoms with Crippen LogP contribution in [-0.2, 0) is 11.2 Å². The van der Waals surface area contributed by atoms with Gasteiger partial charge in [-0.05, 0) is 36.8 Å². The molecule has 0 aliphatic carbocycles.